The van der Waals surface area contributed by atoms with Crippen LogP contribution in [0, 0.1) is 5.82 Å². The van der Waals surface area contributed by atoms with Crippen molar-refractivity contribution in [1.29, 1.82) is 0 Å². The van der Waals surface area contributed by atoms with Crippen LogP contribution in [0.25, 0.3) is 0 Å². The Morgan fingerprint density at radius 3 is 2.68 bits per heavy atom. The van der Waals surface area contributed by atoms with Crippen LogP contribution in [0.4, 0.5) is 4.39 Å². The lowest BCUT2D eigenvalue weighted by Gasteiger charge is -2.40. The number of likely N-dealkylation sites (tertiary alicyclic amines) is 1. The molecular weight excluding hydrogens is 389 g/mol. The molecule has 7 nitrogen and oxygen atoms in total. The minimum absolute atomic E-state index is 0.000416. The van der Waals surface area contributed by atoms with Crippen molar-refractivity contribution >= 4 is 29.3 Å². The first-order valence-electron chi connectivity index (χ1n) is 9.22. The number of alkyl halides is 1. The number of halogens is 2. The van der Waals surface area contributed by atoms with Crippen LogP contribution in [-0.2, 0) is 19.1 Å². The van der Waals surface area contributed by atoms with E-state index in [1.807, 2.05) is 0 Å². The van der Waals surface area contributed by atoms with Crippen molar-refractivity contribution in [3.8, 4) is 0 Å². The predicted octanol–water partition coefficient (Wildman–Crippen LogP) is 0.724. The van der Waals surface area contributed by atoms with Gasteiger partial charge in [-0.2, -0.15) is 0 Å². The summed E-state index contributed by atoms with van der Waals surface area (Å²) in [6.07, 6.45) is 0.613. The monoisotopic (exact) mass is 411 g/mol. The number of nitrogens with zero attached hydrogens (tertiary/aromatic N) is 2. The van der Waals surface area contributed by atoms with E-state index < -0.39 is 0 Å². The zero-order chi connectivity index (χ0) is 20.1. The Morgan fingerprint density at radius 2 is 2.00 bits per heavy atom. The molecule has 1 aromatic rings. The molecule has 1 N–H and O–H groups in total. The number of rotatable bonds is 5. The Bertz CT molecular complexity index is 730. The summed E-state index contributed by atoms with van der Waals surface area (Å²) in [5.74, 6) is -1.25. The van der Waals surface area contributed by atoms with E-state index in [1.54, 1.807) is 17.0 Å². The van der Waals surface area contributed by atoms with Gasteiger partial charge in [-0.3, -0.25) is 14.4 Å². The van der Waals surface area contributed by atoms with E-state index in [4.69, 9.17) is 16.3 Å². The maximum absolute atomic E-state index is 13.3. The van der Waals surface area contributed by atoms with Gasteiger partial charge >= 0.3 is 0 Å². The molecule has 2 heterocycles. The second-order valence-corrected chi connectivity index (χ2v) is 7.23. The summed E-state index contributed by atoms with van der Waals surface area (Å²) in [6, 6.07) is 5.83. The van der Waals surface area contributed by atoms with Crippen LogP contribution in [0.1, 0.15) is 17.9 Å². The third-order valence-electron chi connectivity index (χ3n) is 5.14. The summed E-state index contributed by atoms with van der Waals surface area (Å²) in [6.45, 7) is 1.60. The molecule has 2 aliphatic rings. The molecule has 0 spiro atoms. The number of piperidine rings is 1. The van der Waals surface area contributed by atoms with Gasteiger partial charge in [-0.1, -0.05) is 12.1 Å². The van der Waals surface area contributed by atoms with Crippen molar-refractivity contribution in [2.45, 2.75) is 18.4 Å². The summed E-state index contributed by atoms with van der Waals surface area (Å²) in [7, 11) is 0. The lowest BCUT2D eigenvalue weighted by Crippen LogP contribution is -2.56. The predicted molar refractivity (Wildman–Crippen MR) is 100 cm³/mol. The Kier molecular flexibility index (Phi) is 6.85. The molecule has 0 aliphatic carbocycles. The van der Waals surface area contributed by atoms with Crippen LogP contribution in [0.15, 0.2) is 24.3 Å². The van der Waals surface area contributed by atoms with Gasteiger partial charge in [0.1, 0.15) is 18.3 Å². The van der Waals surface area contributed by atoms with Crippen molar-refractivity contribution in [1.82, 2.24) is 15.1 Å². The fourth-order valence-corrected chi connectivity index (χ4v) is 3.74. The van der Waals surface area contributed by atoms with E-state index in [0.717, 1.165) is 5.56 Å². The van der Waals surface area contributed by atoms with Gasteiger partial charge in [0.05, 0.1) is 19.2 Å². The summed E-state index contributed by atoms with van der Waals surface area (Å²) in [5, 5.41) is 2.87. The van der Waals surface area contributed by atoms with Gasteiger partial charge in [-0.15, -0.1) is 11.6 Å². The largest absolute Gasteiger partial charge is 0.370 e. The molecule has 2 atom stereocenters. The van der Waals surface area contributed by atoms with Crippen molar-refractivity contribution in [3.05, 3.63) is 35.6 Å². The number of ether oxygens (including phenoxy) is 1. The first-order valence-corrected chi connectivity index (χ1v) is 9.75. The topological polar surface area (TPSA) is 79.0 Å². The van der Waals surface area contributed by atoms with Gasteiger partial charge in [0.2, 0.25) is 17.7 Å². The van der Waals surface area contributed by atoms with Gasteiger partial charge < -0.3 is 19.9 Å². The Morgan fingerprint density at radius 1 is 1.25 bits per heavy atom. The molecule has 0 saturated carbocycles. The fraction of sp³-hybridized carbons (Fsp3) is 0.526. The highest BCUT2D eigenvalue weighted by Crippen LogP contribution is 2.29. The highest BCUT2D eigenvalue weighted by molar-refractivity contribution is 6.27. The van der Waals surface area contributed by atoms with E-state index >= 15 is 0 Å². The number of hydrogen-bond donors (Lipinski definition) is 1. The molecule has 2 aliphatic heterocycles. The number of nitrogens with one attached hydrogen (secondary N) is 1. The number of amides is 3. The second kappa shape index (κ2) is 9.34. The van der Waals surface area contributed by atoms with Crippen LogP contribution < -0.4 is 5.32 Å². The first kappa shape index (κ1) is 20.5. The van der Waals surface area contributed by atoms with Gasteiger partial charge in [0, 0.05) is 25.6 Å². The maximum atomic E-state index is 13.3. The first-order chi connectivity index (χ1) is 13.5. The third-order valence-corrected chi connectivity index (χ3v) is 5.38. The summed E-state index contributed by atoms with van der Waals surface area (Å²) in [5.41, 5.74) is 0.900. The molecule has 0 bridgehead atoms. The summed E-state index contributed by atoms with van der Waals surface area (Å²) in [4.78, 5) is 39.6. The minimum Gasteiger partial charge on any atom is -0.370 e. The SMILES string of the molecule is O=C(CCl)N[C@@H]1CN(C(=O)CN2CCOCC2=O)CC[C@H]1c1ccc(F)cc1. The average Bonchev–Trinajstić information content (AvgIpc) is 2.70. The molecule has 2 fully saturated rings. The van der Waals surface area contributed by atoms with E-state index in [1.165, 1.54) is 17.0 Å². The molecule has 3 rings (SSSR count). The van der Waals surface area contributed by atoms with Crippen molar-refractivity contribution in [3.63, 3.8) is 0 Å². The van der Waals surface area contributed by atoms with Crippen LogP contribution in [0.2, 0.25) is 0 Å². The van der Waals surface area contributed by atoms with E-state index in [0.29, 0.717) is 32.7 Å². The molecule has 1 aromatic carbocycles. The lowest BCUT2D eigenvalue weighted by molar-refractivity contribution is -0.149. The molecule has 0 unspecified atom stereocenters. The maximum Gasteiger partial charge on any atom is 0.249 e. The van der Waals surface area contributed by atoms with Crippen LogP contribution >= 0.6 is 11.6 Å². The smallest absolute Gasteiger partial charge is 0.249 e. The van der Waals surface area contributed by atoms with E-state index in [9.17, 15) is 18.8 Å². The van der Waals surface area contributed by atoms with Gasteiger partial charge in [0.25, 0.3) is 0 Å². The molecule has 9 heteroatoms. The number of carbonyl (C=O) groups excluding carboxylic acids is 3. The standard InChI is InChI=1S/C19H23ClFN3O4/c20-9-17(25)22-16-10-23(18(26)11-24-7-8-28-12-19(24)27)6-5-15(16)13-1-3-14(21)4-2-13/h1-4,15-16H,5-12H2,(H,22,25)/t15-,16+/m0/s1. The average molecular weight is 412 g/mol. The van der Waals surface area contributed by atoms with Gasteiger partial charge in [0.15, 0.2) is 0 Å². The molecule has 28 heavy (non-hydrogen) atoms. The van der Waals surface area contributed by atoms with Crippen molar-refractivity contribution in [2.75, 3.05) is 45.3 Å². The van der Waals surface area contributed by atoms with Crippen LogP contribution in [-0.4, -0.2) is 78.8 Å². The number of carbonyl (C=O) groups is 3. The fourth-order valence-electron chi connectivity index (χ4n) is 3.66. The second-order valence-electron chi connectivity index (χ2n) is 6.96. The zero-order valence-electron chi connectivity index (χ0n) is 15.4. The molecule has 2 saturated heterocycles. The highest BCUT2D eigenvalue weighted by atomic mass is 35.5. The van der Waals surface area contributed by atoms with Crippen LogP contribution in [0.3, 0.4) is 0 Å². The molecule has 0 radical (unpaired) electrons. The highest BCUT2D eigenvalue weighted by Gasteiger charge is 2.34. The van der Waals surface area contributed by atoms with Gasteiger partial charge in [-0.25, -0.2) is 4.39 Å². The molecule has 152 valence electrons. The summed E-state index contributed by atoms with van der Waals surface area (Å²) < 4.78 is 18.3. The van der Waals surface area contributed by atoms with Gasteiger partial charge in [-0.05, 0) is 24.1 Å². The summed E-state index contributed by atoms with van der Waals surface area (Å²) >= 11 is 5.63. The molecule has 3 amide bonds. The zero-order valence-corrected chi connectivity index (χ0v) is 16.2. The Labute approximate surface area is 167 Å². The van der Waals surface area contributed by atoms with Crippen molar-refractivity contribution in [2.24, 2.45) is 0 Å². The number of morpholine rings is 1. The number of hydrogen-bond acceptors (Lipinski definition) is 4. The quantitative estimate of drug-likeness (QED) is 0.724. The number of benzene rings is 1. The Balaban J connectivity index is 1.69. The Hall–Kier alpha value is -2.19. The normalized spacial score (nSPS) is 22.9. The van der Waals surface area contributed by atoms with Crippen LogP contribution in [0.5, 0.6) is 0 Å². The third kappa shape index (κ3) is 4.99. The molecular formula is C19H23ClFN3O4. The molecule has 0 aromatic heterocycles. The van der Waals surface area contributed by atoms with E-state index in [-0.39, 0.29) is 54.5 Å². The minimum atomic E-state index is -0.338. The lowest BCUT2D eigenvalue weighted by atomic mass is 9.85. The van der Waals surface area contributed by atoms with Crippen molar-refractivity contribution < 1.29 is 23.5 Å². The van der Waals surface area contributed by atoms with E-state index in [2.05, 4.69) is 5.32 Å².